The Morgan fingerprint density at radius 2 is 1.83 bits per heavy atom. The van der Waals surface area contributed by atoms with Crippen LogP contribution in [0.2, 0.25) is 0 Å². The summed E-state index contributed by atoms with van der Waals surface area (Å²) < 4.78 is 0. The van der Waals surface area contributed by atoms with Crippen LogP contribution in [0.3, 0.4) is 0 Å². The number of nitrogens with zero attached hydrogens (tertiary/aromatic N) is 2. The number of nitrogens with two attached hydrogens (primary N) is 1. The minimum atomic E-state index is -0.230. The molecule has 2 N–H and O–H groups in total. The van der Waals surface area contributed by atoms with Gasteiger partial charge in [0.2, 0.25) is 0 Å². The van der Waals surface area contributed by atoms with Gasteiger partial charge in [0.15, 0.2) is 0 Å². The Bertz CT molecular complexity index is 262. The van der Waals surface area contributed by atoms with E-state index in [1.54, 1.807) is 6.92 Å². The minimum absolute atomic E-state index is 0.230. The third-order valence-electron chi connectivity index (χ3n) is 1.39. The fourth-order valence-corrected chi connectivity index (χ4v) is 0.769. The number of hydrogen-bond acceptors (Lipinski definition) is 3. The fraction of sp³-hybridized carbons (Fsp3) is 0.333. The number of benzene rings is 1. The second-order valence-electron chi connectivity index (χ2n) is 2.79. The van der Waals surface area contributed by atoms with Crippen LogP contribution in [0, 0.1) is 6.92 Å². The van der Waals surface area contributed by atoms with Gasteiger partial charge >= 0.3 is 0 Å². The summed E-state index contributed by atoms with van der Waals surface area (Å²) in [5.41, 5.74) is 7.47. The number of aryl methyl sites for hydroxylation is 1. The molecule has 0 amide bonds. The maximum absolute atomic E-state index is 5.41. The molecule has 0 bridgehead atoms. The van der Waals surface area contributed by atoms with Gasteiger partial charge in [-0.3, -0.25) is 0 Å². The SMILES string of the molecule is Cc1ccc(N=NC(C)N)cc1. The van der Waals surface area contributed by atoms with Gasteiger partial charge in [-0.15, -0.1) is 0 Å². The van der Waals surface area contributed by atoms with Crippen molar-refractivity contribution in [2.45, 2.75) is 20.0 Å². The molecule has 0 heterocycles. The third kappa shape index (κ3) is 2.80. The average molecular weight is 163 g/mol. The molecule has 0 fully saturated rings. The Labute approximate surface area is 72.3 Å². The van der Waals surface area contributed by atoms with Gasteiger partial charge in [0, 0.05) is 0 Å². The van der Waals surface area contributed by atoms with Crippen LogP contribution in [0.1, 0.15) is 12.5 Å². The molecule has 1 unspecified atom stereocenters. The van der Waals surface area contributed by atoms with Crippen molar-refractivity contribution in [2.75, 3.05) is 0 Å². The number of hydrogen-bond donors (Lipinski definition) is 1. The van der Waals surface area contributed by atoms with E-state index in [1.807, 2.05) is 31.2 Å². The van der Waals surface area contributed by atoms with Crippen molar-refractivity contribution < 1.29 is 0 Å². The summed E-state index contributed by atoms with van der Waals surface area (Å²) in [6.45, 7) is 3.82. The molecule has 0 radical (unpaired) electrons. The smallest absolute Gasteiger partial charge is 0.116 e. The highest BCUT2D eigenvalue weighted by Gasteiger charge is 1.89. The van der Waals surface area contributed by atoms with Gasteiger partial charge in [-0.05, 0) is 26.0 Å². The number of rotatable bonds is 2. The summed E-state index contributed by atoms with van der Waals surface area (Å²) in [6, 6.07) is 7.83. The van der Waals surface area contributed by atoms with E-state index in [0.717, 1.165) is 5.69 Å². The lowest BCUT2D eigenvalue weighted by atomic mass is 10.2. The summed E-state index contributed by atoms with van der Waals surface area (Å²) >= 11 is 0. The van der Waals surface area contributed by atoms with E-state index >= 15 is 0 Å². The number of azo groups is 1. The molecule has 3 heteroatoms. The lowest BCUT2D eigenvalue weighted by Gasteiger charge is -1.95. The van der Waals surface area contributed by atoms with Crippen molar-refractivity contribution in [2.24, 2.45) is 16.0 Å². The molecule has 0 saturated heterocycles. The highest BCUT2D eigenvalue weighted by Crippen LogP contribution is 2.12. The molecule has 0 aliphatic rings. The quantitative estimate of drug-likeness (QED) is 0.668. The first-order valence-electron chi connectivity index (χ1n) is 3.91. The van der Waals surface area contributed by atoms with Crippen molar-refractivity contribution in [3.8, 4) is 0 Å². The standard InChI is InChI=1S/C9H13N3/c1-7-3-5-9(6-4-7)12-11-8(2)10/h3-6,8H,10H2,1-2H3. The van der Waals surface area contributed by atoms with E-state index in [0.29, 0.717) is 0 Å². The Morgan fingerprint density at radius 1 is 1.25 bits per heavy atom. The Morgan fingerprint density at radius 3 is 2.33 bits per heavy atom. The molecule has 1 aromatic rings. The van der Waals surface area contributed by atoms with Crippen LogP contribution in [-0.2, 0) is 0 Å². The molecule has 0 aromatic heterocycles. The van der Waals surface area contributed by atoms with Crippen molar-refractivity contribution >= 4 is 5.69 Å². The van der Waals surface area contributed by atoms with Gasteiger partial charge in [-0.1, -0.05) is 17.7 Å². The van der Waals surface area contributed by atoms with Crippen LogP contribution in [0.15, 0.2) is 34.5 Å². The van der Waals surface area contributed by atoms with E-state index in [4.69, 9.17) is 5.73 Å². The normalized spacial score (nSPS) is 13.6. The van der Waals surface area contributed by atoms with Crippen LogP contribution in [0.4, 0.5) is 5.69 Å². The van der Waals surface area contributed by atoms with Gasteiger partial charge in [-0.2, -0.15) is 10.2 Å². The zero-order valence-corrected chi connectivity index (χ0v) is 7.36. The molecule has 0 aliphatic carbocycles. The lowest BCUT2D eigenvalue weighted by molar-refractivity contribution is 0.742. The summed E-state index contributed by atoms with van der Waals surface area (Å²) in [5.74, 6) is 0. The van der Waals surface area contributed by atoms with Gasteiger partial charge in [-0.25, -0.2) is 0 Å². The molecule has 1 aromatic carbocycles. The van der Waals surface area contributed by atoms with Crippen LogP contribution in [0.5, 0.6) is 0 Å². The molecule has 1 rings (SSSR count). The van der Waals surface area contributed by atoms with Gasteiger partial charge in [0.05, 0.1) is 5.69 Å². The topological polar surface area (TPSA) is 50.7 Å². The van der Waals surface area contributed by atoms with Crippen molar-refractivity contribution in [3.63, 3.8) is 0 Å². The predicted molar refractivity (Wildman–Crippen MR) is 49.3 cm³/mol. The van der Waals surface area contributed by atoms with E-state index in [1.165, 1.54) is 5.56 Å². The second-order valence-corrected chi connectivity index (χ2v) is 2.79. The highest BCUT2D eigenvalue weighted by atomic mass is 15.2. The molecule has 12 heavy (non-hydrogen) atoms. The van der Waals surface area contributed by atoms with Crippen molar-refractivity contribution in [1.82, 2.24) is 0 Å². The monoisotopic (exact) mass is 163 g/mol. The molecule has 0 spiro atoms. The maximum atomic E-state index is 5.41. The molecule has 0 aliphatic heterocycles. The zero-order valence-electron chi connectivity index (χ0n) is 7.36. The predicted octanol–water partition coefficient (Wildman–Crippen LogP) is 2.38. The first kappa shape index (κ1) is 8.87. The van der Waals surface area contributed by atoms with E-state index in [9.17, 15) is 0 Å². The first-order valence-corrected chi connectivity index (χ1v) is 3.91. The molecule has 3 nitrogen and oxygen atoms in total. The third-order valence-corrected chi connectivity index (χ3v) is 1.39. The fourth-order valence-electron chi connectivity index (χ4n) is 0.769. The second kappa shape index (κ2) is 3.97. The maximum Gasteiger partial charge on any atom is 0.116 e. The molecule has 64 valence electrons. The summed E-state index contributed by atoms with van der Waals surface area (Å²) in [5, 5.41) is 7.77. The van der Waals surface area contributed by atoms with Gasteiger partial charge in [0.1, 0.15) is 6.17 Å². The van der Waals surface area contributed by atoms with Crippen LogP contribution in [0.25, 0.3) is 0 Å². The summed E-state index contributed by atoms with van der Waals surface area (Å²) in [6.07, 6.45) is -0.230. The Hall–Kier alpha value is -1.22. The van der Waals surface area contributed by atoms with Gasteiger partial charge in [0.25, 0.3) is 0 Å². The van der Waals surface area contributed by atoms with Crippen LogP contribution >= 0.6 is 0 Å². The van der Waals surface area contributed by atoms with E-state index < -0.39 is 0 Å². The Kier molecular flexibility index (Phi) is 2.94. The minimum Gasteiger partial charge on any atom is -0.308 e. The molecule has 1 atom stereocenters. The van der Waals surface area contributed by atoms with E-state index in [2.05, 4.69) is 10.2 Å². The first-order chi connectivity index (χ1) is 5.68. The largest absolute Gasteiger partial charge is 0.308 e. The van der Waals surface area contributed by atoms with Crippen molar-refractivity contribution in [1.29, 1.82) is 0 Å². The molecule has 0 saturated carbocycles. The molecular formula is C9H13N3. The Balaban J connectivity index is 2.71. The van der Waals surface area contributed by atoms with E-state index in [-0.39, 0.29) is 6.17 Å². The van der Waals surface area contributed by atoms with Gasteiger partial charge < -0.3 is 5.73 Å². The van der Waals surface area contributed by atoms with Crippen LogP contribution < -0.4 is 5.73 Å². The molecular weight excluding hydrogens is 150 g/mol. The lowest BCUT2D eigenvalue weighted by Crippen LogP contribution is -2.09. The van der Waals surface area contributed by atoms with Crippen LogP contribution in [-0.4, -0.2) is 6.17 Å². The average Bonchev–Trinajstić information content (AvgIpc) is 2.03. The highest BCUT2D eigenvalue weighted by molar-refractivity contribution is 5.37. The summed E-state index contributed by atoms with van der Waals surface area (Å²) in [7, 11) is 0. The summed E-state index contributed by atoms with van der Waals surface area (Å²) in [4.78, 5) is 0. The van der Waals surface area contributed by atoms with Crippen molar-refractivity contribution in [3.05, 3.63) is 29.8 Å². The zero-order chi connectivity index (χ0) is 8.97.